The smallest absolute Gasteiger partial charge is 0.0999 e. The van der Waals surface area contributed by atoms with Crippen LogP contribution in [0.15, 0.2) is 24.6 Å². The van der Waals surface area contributed by atoms with Crippen LogP contribution in [0.5, 0.6) is 0 Å². The van der Waals surface area contributed by atoms with E-state index in [1.165, 1.54) is 12.2 Å². The summed E-state index contributed by atoms with van der Waals surface area (Å²) in [7, 11) is 0. The second-order valence-electron chi connectivity index (χ2n) is 1.60. The first-order valence-electron chi connectivity index (χ1n) is 2.78. The molecule has 0 N–H and O–H groups in total. The first-order chi connectivity index (χ1) is 3.81. The van der Waals surface area contributed by atoms with Gasteiger partial charge in [0.15, 0.2) is 0 Å². The number of rotatable bonds is 3. The van der Waals surface area contributed by atoms with Crippen LogP contribution < -0.4 is 0 Å². The summed E-state index contributed by atoms with van der Waals surface area (Å²) in [6.07, 6.45) is 4.25. The number of hydrogen-bond donors (Lipinski definition) is 0. The Kier molecular flexibility index (Phi) is 4.23. The van der Waals surface area contributed by atoms with Crippen LogP contribution in [0.4, 0.5) is 4.39 Å². The average molecular weight is 114 g/mol. The largest absolute Gasteiger partial charge is 0.212 e. The molecule has 46 valence electrons. The van der Waals surface area contributed by atoms with Crippen LogP contribution in [0.25, 0.3) is 0 Å². The molecule has 8 heavy (non-hydrogen) atoms. The minimum absolute atomic E-state index is 0.0810. The fourth-order valence-electron chi connectivity index (χ4n) is 0.450. The van der Waals surface area contributed by atoms with Gasteiger partial charge in [-0.1, -0.05) is 19.6 Å². The summed E-state index contributed by atoms with van der Waals surface area (Å²) in [5, 5.41) is 0. The van der Waals surface area contributed by atoms with Gasteiger partial charge in [0.1, 0.15) is 0 Å². The van der Waals surface area contributed by atoms with E-state index in [0.29, 0.717) is 6.42 Å². The van der Waals surface area contributed by atoms with Crippen LogP contribution in [0.3, 0.4) is 0 Å². The molecule has 0 aromatic carbocycles. The van der Waals surface area contributed by atoms with Crippen molar-refractivity contribution < 1.29 is 4.39 Å². The molecule has 1 heteroatoms. The van der Waals surface area contributed by atoms with Crippen LogP contribution >= 0.6 is 0 Å². The van der Waals surface area contributed by atoms with Gasteiger partial charge in [0.05, 0.1) is 5.83 Å². The molecule has 0 aliphatic carbocycles. The van der Waals surface area contributed by atoms with Crippen molar-refractivity contribution in [2.24, 2.45) is 0 Å². The molecule has 0 amide bonds. The predicted octanol–water partition coefficient (Wildman–Crippen LogP) is 2.83. The van der Waals surface area contributed by atoms with E-state index in [1.807, 2.05) is 6.92 Å². The highest BCUT2D eigenvalue weighted by Crippen LogP contribution is 2.04. The zero-order valence-electron chi connectivity index (χ0n) is 5.15. The lowest BCUT2D eigenvalue weighted by molar-refractivity contribution is 0.584. The first kappa shape index (κ1) is 7.41. The third-order valence-corrected chi connectivity index (χ3v) is 0.788. The van der Waals surface area contributed by atoms with Gasteiger partial charge < -0.3 is 0 Å². The van der Waals surface area contributed by atoms with Crippen molar-refractivity contribution in [3.63, 3.8) is 0 Å². The maximum Gasteiger partial charge on any atom is 0.0999 e. The summed E-state index contributed by atoms with van der Waals surface area (Å²) in [5.74, 6) is -0.0810. The van der Waals surface area contributed by atoms with Gasteiger partial charge in [-0.2, -0.15) is 0 Å². The fourth-order valence-corrected chi connectivity index (χ4v) is 0.450. The van der Waals surface area contributed by atoms with Gasteiger partial charge in [-0.15, -0.1) is 0 Å². The van der Waals surface area contributed by atoms with Crippen LogP contribution in [0.1, 0.15) is 19.8 Å². The fraction of sp³-hybridized carbons (Fsp3) is 0.429. The standard InChI is InChI=1S/C7H11F/c1-3-5-7(8)6-4-2/h3,5H,1,4,6H2,2H3/b7-5+. The van der Waals surface area contributed by atoms with E-state index in [4.69, 9.17) is 0 Å². The molecule has 0 spiro atoms. The van der Waals surface area contributed by atoms with E-state index >= 15 is 0 Å². The molecular formula is C7H11F. The lowest BCUT2D eigenvalue weighted by Gasteiger charge is -1.86. The molecule has 0 aliphatic rings. The van der Waals surface area contributed by atoms with Crippen molar-refractivity contribution in [3.8, 4) is 0 Å². The van der Waals surface area contributed by atoms with Gasteiger partial charge in [-0.05, 0) is 18.9 Å². The number of hydrogen-bond acceptors (Lipinski definition) is 0. The maximum absolute atomic E-state index is 12.2. The van der Waals surface area contributed by atoms with Crippen molar-refractivity contribution >= 4 is 0 Å². The Bertz CT molecular complexity index is 92.6. The molecule has 0 saturated heterocycles. The second kappa shape index (κ2) is 4.57. The van der Waals surface area contributed by atoms with Crippen molar-refractivity contribution in [2.45, 2.75) is 19.8 Å². The molecule has 0 unspecified atom stereocenters. The average Bonchev–Trinajstić information content (AvgIpc) is 1.68. The minimum Gasteiger partial charge on any atom is -0.212 e. The molecule has 0 rings (SSSR count). The molecule has 0 aromatic rings. The van der Waals surface area contributed by atoms with Crippen LogP contribution in [0, 0.1) is 0 Å². The molecule has 0 aromatic heterocycles. The third kappa shape index (κ3) is 3.59. The molecular weight excluding hydrogens is 103 g/mol. The Balaban J connectivity index is 3.44. The summed E-state index contributed by atoms with van der Waals surface area (Å²) in [4.78, 5) is 0. The van der Waals surface area contributed by atoms with Gasteiger partial charge in [0.2, 0.25) is 0 Å². The van der Waals surface area contributed by atoms with E-state index in [2.05, 4.69) is 6.58 Å². The van der Waals surface area contributed by atoms with Gasteiger partial charge in [0.25, 0.3) is 0 Å². The van der Waals surface area contributed by atoms with Crippen molar-refractivity contribution in [3.05, 3.63) is 24.6 Å². The lowest BCUT2D eigenvalue weighted by Crippen LogP contribution is -1.69. The predicted molar refractivity (Wildman–Crippen MR) is 34.3 cm³/mol. The first-order valence-corrected chi connectivity index (χ1v) is 2.78. The van der Waals surface area contributed by atoms with Crippen molar-refractivity contribution in [1.29, 1.82) is 0 Å². The molecule has 0 nitrogen and oxygen atoms in total. The quantitative estimate of drug-likeness (QED) is 0.495. The van der Waals surface area contributed by atoms with Crippen LogP contribution in [0.2, 0.25) is 0 Å². The Morgan fingerprint density at radius 3 is 2.75 bits per heavy atom. The maximum atomic E-state index is 12.2. The third-order valence-electron chi connectivity index (χ3n) is 0.788. The zero-order chi connectivity index (χ0) is 6.41. The Hall–Kier alpha value is -0.590. The lowest BCUT2D eigenvalue weighted by atomic mass is 10.3. The van der Waals surface area contributed by atoms with Gasteiger partial charge in [0, 0.05) is 0 Å². The monoisotopic (exact) mass is 114 g/mol. The summed E-state index contributed by atoms with van der Waals surface area (Å²) >= 11 is 0. The van der Waals surface area contributed by atoms with E-state index in [-0.39, 0.29) is 5.83 Å². The van der Waals surface area contributed by atoms with Gasteiger partial charge in [-0.3, -0.25) is 0 Å². The number of allylic oxidation sites excluding steroid dienone is 3. The Morgan fingerprint density at radius 2 is 2.38 bits per heavy atom. The Labute approximate surface area is 49.7 Å². The van der Waals surface area contributed by atoms with Crippen molar-refractivity contribution in [1.82, 2.24) is 0 Å². The zero-order valence-corrected chi connectivity index (χ0v) is 5.15. The van der Waals surface area contributed by atoms with E-state index < -0.39 is 0 Å². The van der Waals surface area contributed by atoms with E-state index in [1.54, 1.807) is 0 Å². The van der Waals surface area contributed by atoms with Crippen LogP contribution in [-0.2, 0) is 0 Å². The molecule has 0 radical (unpaired) electrons. The van der Waals surface area contributed by atoms with Gasteiger partial charge in [-0.25, -0.2) is 4.39 Å². The van der Waals surface area contributed by atoms with Gasteiger partial charge >= 0.3 is 0 Å². The summed E-state index contributed by atoms with van der Waals surface area (Å²) in [6, 6.07) is 0. The summed E-state index contributed by atoms with van der Waals surface area (Å²) < 4.78 is 12.2. The topological polar surface area (TPSA) is 0 Å². The molecule has 0 aliphatic heterocycles. The molecule has 0 bridgehead atoms. The molecule has 0 fully saturated rings. The number of halogens is 1. The summed E-state index contributed by atoms with van der Waals surface area (Å²) in [5.41, 5.74) is 0. The minimum atomic E-state index is -0.0810. The SMILES string of the molecule is C=C/C=C(/F)CCC. The summed E-state index contributed by atoms with van der Waals surface area (Å²) in [6.45, 7) is 5.31. The normalized spacial score (nSPS) is 11.5. The second-order valence-corrected chi connectivity index (χ2v) is 1.60. The van der Waals surface area contributed by atoms with E-state index in [0.717, 1.165) is 6.42 Å². The van der Waals surface area contributed by atoms with E-state index in [9.17, 15) is 4.39 Å². The molecule has 0 heterocycles. The highest BCUT2D eigenvalue weighted by Gasteiger charge is 1.86. The highest BCUT2D eigenvalue weighted by atomic mass is 19.1. The highest BCUT2D eigenvalue weighted by molar-refractivity contribution is 5.02. The van der Waals surface area contributed by atoms with Crippen LogP contribution in [-0.4, -0.2) is 0 Å². The molecule has 0 atom stereocenters. The Morgan fingerprint density at radius 1 is 1.75 bits per heavy atom. The van der Waals surface area contributed by atoms with Crippen molar-refractivity contribution in [2.75, 3.05) is 0 Å². The molecule has 0 saturated carbocycles.